The average molecular weight is 291 g/mol. The van der Waals surface area contributed by atoms with Gasteiger partial charge in [0.15, 0.2) is 0 Å². The SMILES string of the molecule is Cc1ccccc1OC1CC(C)(C)N(CCO)C(C)(C)C1. The maximum Gasteiger partial charge on any atom is 0.122 e. The molecule has 1 saturated heterocycles. The van der Waals surface area contributed by atoms with Crippen LogP contribution in [0.4, 0.5) is 0 Å². The first kappa shape index (κ1) is 16.3. The summed E-state index contributed by atoms with van der Waals surface area (Å²) in [5.74, 6) is 0.990. The first-order valence-electron chi connectivity index (χ1n) is 7.87. The van der Waals surface area contributed by atoms with Crippen molar-refractivity contribution in [2.45, 2.75) is 64.6 Å². The van der Waals surface area contributed by atoms with Crippen LogP contribution < -0.4 is 4.74 Å². The molecule has 0 atom stereocenters. The van der Waals surface area contributed by atoms with Crippen molar-refractivity contribution in [3.8, 4) is 5.75 Å². The summed E-state index contributed by atoms with van der Waals surface area (Å²) in [6.45, 7) is 12.0. The molecule has 0 aliphatic carbocycles. The molecule has 1 heterocycles. The Hall–Kier alpha value is -1.06. The highest BCUT2D eigenvalue weighted by molar-refractivity contribution is 5.32. The second-order valence-corrected chi connectivity index (χ2v) is 7.41. The van der Waals surface area contributed by atoms with Crippen molar-refractivity contribution in [2.75, 3.05) is 13.2 Å². The van der Waals surface area contributed by atoms with Crippen LogP contribution in [0.1, 0.15) is 46.1 Å². The second kappa shape index (κ2) is 5.98. The minimum absolute atomic E-state index is 0.0256. The van der Waals surface area contributed by atoms with Crippen LogP contribution >= 0.6 is 0 Å². The molecule has 0 spiro atoms. The van der Waals surface area contributed by atoms with E-state index in [1.807, 2.05) is 12.1 Å². The van der Waals surface area contributed by atoms with Crippen molar-refractivity contribution in [1.82, 2.24) is 4.90 Å². The van der Waals surface area contributed by atoms with Gasteiger partial charge in [0.05, 0.1) is 6.61 Å². The molecule has 1 N–H and O–H groups in total. The number of rotatable bonds is 4. The Kier molecular flexibility index (Phi) is 4.64. The van der Waals surface area contributed by atoms with Crippen LogP contribution in [0.25, 0.3) is 0 Å². The quantitative estimate of drug-likeness (QED) is 0.923. The monoisotopic (exact) mass is 291 g/mol. The van der Waals surface area contributed by atoms with Crippen LogP contribution in [0.5, 0.6) is 5.75 Å². The molecule has 1 aliphatic rings. The Morgan fingerprint density at radius 2 is 1.71 bits per heavy atom. The van der Waals surface area contributed by atoms with Crippen molar-refractivity contribution >= 4 is 0 Å². The molecular formula is C18H29NO2. The van der Waals surface area contributed by atoms with E-state index >= 15 is 0 Å². The highest BCUT2D eigenvalue weighted by Gasteiger charge is 2.45. The number of piperidine rings is 1. The van der Waals surface area contributed by atoms with Crippen LogP contribution in [0.2, 0.25) is 0 Å². The minimum atomic E-state index is 0.0256. The number of hydrogen-bond acceptors (Lipinski definition) is 3. The Balaban J connectivity index is 2.16. The van der Waals surface area contributed by atoms with Gasteiger partial charge in [-0.3, -0.25) is 4.90 Å². The van der Waals surface area contributed by atoms with Gasteiger partial charge >= 0.3 is 0 Å². The molecule has 1 aliphatic heterocycles. The van der Waals surface area contributed by atoms with Crippen molar-refractivity contribution in [2.24, 2.45) is 0 Å². The molecule has 0 radical (unpaired) electrons. The van der Waals surface area contributed by atoms with Gasteiger partial charge in [-0.2, -0.15) is 0 Å². The predicted octanol–water partition coefficient (Wildman–Crippen LogP) is 3.39. The summed E-state index contributed by atoms with van der Waals surface area (Å²) >= 11 is 0. The van der Waals surface area contributed by atoms with Gasteiger partial charge in [0.25, 0.3) is 0 Å². The third-order valence-corrected chi connectivity index (χ3v) is 4.63. The third-order valence-electron chi connectivity index (χ3n) is 4.63. The summed E-state index contributed by atoms with van der Waals surface area (Å²) in [7, 11) is 0. The van der Waals surface area contributed by atoms with E-state index in [0.29, 0.717) is 0 Å². The fourth-order valence-corrected chi connectivity index (χ4v) is 3.88. The van der Waals surface area contributed by atoms with E-state index in [1.165, 1.54) is 5.56 Å². The summed E-state index contributed by atoms with van der Waals surface area (Å²) in [5.41, 5.74) is 1.24. The standard InChI is InChI=1S/C18H29NO2/c1-14-8-6-7-9-16(14)21-15-12-17(2,3)19(10-11-20)18(4,5)13-15/h6-9,15,20H,10-13H2,1-5H3. The molecule has 0 saturated carbocycles. The summed E-state index contributed by atoms with van der Waals surface area (Å²) in [4.78, 5) is 2.41. The largest absolute Gasteiger partial charge is 0.490 e. The molecule has 1 aromatic carbocycles. The summed E-state index contributed by atoms with van der Waals surface area (Å²) in [5, 5.41) is 9.35. The molecule has 3 heteroatoms. The van der Waals surface area contributed by atoms with Crippen molar-refractivity contribution in [1.29, 1.82) is 0 Å². The topological polar surface area (TPSA) is 32.7 Å². The van der Waals surface area contributed by atoms with E-state index in [2.05, 4.69) is 51.7 Å². The molecule has 0 unspecified atom stereocenters. The lowest BCUT2D eigenvalue weighted by molar-refractivity contribution is -0.0789. The van der Waals surface area contributed by atoms with E-state index in [9.17, 15) is 5.11 Å². The lowest BCUT2D eigenvalue weighted by Gasteiger charge is -2.55. The summed E-state index contributed by atoms with van der Waals surface area (Å²) < 4.78 is 6.29. The molecule has 0 amide bonds. The van der Waals surface area contributed by atoms with E-state index in [1.54, 1.807) is 0 Å². The van der Waals surface area contributed by atoms with Crippen LogP contribution in [-0.4, -0.2) is 40.3 Å². The van der Waals surface area contributed by atoms with Crippen molar-refractivity contribution in [3.05, 3.63) is 29.8 Å². The zero-order valence-corrected chi connectivity index (χ0v) is 14.0. The van der Waals surface area contributed by atoms with Gasteiger partial charge in [0.1, 0.15) is 11.9 Å². The van der Waals surface area contributed by atoms with Gasteiger partial charge < -0.3 is 9.84 Å². The van der Waals surface area contributed by atoms with Crippen molar-refractivity contribution in [3.63, 3.8) is 0 Å². The molecule has 0 bridgehead atoms. The molecule has 1 aromatic rings. The summed E-state index contributed by atoms with van der Waals surface area (Å²) in [6, 6.07) is 8.21. The van der Waals surface area contributed by atoms with E-state index in [-0.39, 0.29) is 23.8 Å². The first-order chi connectivity index (χ1) is 9.76. The van der Waals surface area contributed by atoms with Crippen LogP contribution in [0.15, 0.2) is 24.3 Å². The van der Waals surface area contributed by atoms with Gasteiger partial charge in [-0.05, 0) is 46.2 Å². The van der Waals surface area contributed by atoms with Gasteiger partial charge in [-0.15, -0.1) is 0 Å². The zero-order valence-electron chi connectivity index (χ0n) is 14.0. The number of aryl methyl sites for hydroxylation is 1. The fourth-order valence-electron chi connectivity index (χ4n) is 3.88. The number of likely N-dealkylation sites (tertiary alicyclic amines) is 1. The van der Waals surface area contributed by atoms with Crippen LogP contribution in [0.3, 0.4) is 0 Å². The van der Waals surface area contributed by atoms with Crippen LogP contribution in [0, 0.1) is 6.92 Å². The van der Waals surface area contributed by atoms with Gasteiger partial charge in [-0.25, -0.2) is 0 Å². The molecular weight excluding hydrogens is 262 g/mol. The summed E-state index contributed by atoms with van der Waals surface area (Å²) in [6.07, 6.45) is 2.17. The van der Waals surface area contributed by atoms with E-state index in [0.717, 1.165) is 25.1 Å². The smallest absolute Gasteiger partial charge is 0.122 e. The average Bonchev–Trinajstić information content (AvgIpc) is 2.36. The fraction of sp³-hybridized carbons (Fsp3) is 0.667. The van der Waals surface area contributed by atoms with Crippen molar-refractivity contribution < 1.29 is 9.84 Å². The number of aliphatic hydroxyl groups excluding tert-OH is 1. The van der Waals surface area contributed by atoms with Crippen LogP contribution in [-0.2, 0) is 0 Å². The van der Waals surface area contributed by atoms with E-state index in [4.69, 9.17) is 4.74 Å². The lowest BCUT2D eigenvalue weighted by atomic mass is 9.78. The van der Waals surface area contributed by atoms with E-state index < -0.39 is 0 Å². The molecule has 21 heavy (non-hydrogen) atoms. The highest BCUT2D eigenvalue weighted by atomic mass is 16.5. The number of β-amino-alcohol motifs (C(OH)–C–C–N with tert-alkyl or cyclic N) is 1. The first-order valence-corrected chi connectivity index (χ1v) is 7.87. The Morgan fingerprint density at radius 1 is 1.14 bits per heavy atom. The van der Waals surface area contributed by atoms with Gasteiger partial charge in [0, 0.05) is 30.5 Å². The zero-order chi connectivity index (χ0) is 15.7. The lowest BCUT2D eigenvalue weighted by Crippen LogP contribution is -2.63. The predicted molar refractivity (Wildman–Crippen MR) is 86.8 cm³/mol. The maximum atomic E-state index is 9.35. The number of hydrogen-bond donors (Lipinski definition) is 1. The van der Waals surface area contributed by atoms with Gasteiger partial charge in [0.2, 0.25) is 0 Å². The molecule has 118 valence electrons. The Morgan fingerprint density at radius 3 is 2.24 bits per heavy atom. The highest BCUT2D eigenvalue weighted by Crippen LogP contribution is 2.39. The maximum absolute atomic E-state index is 9.35. The number of benzene rings is 1. The number of aliphatic hydroxyl groups is 1. The van der Waals surface area contributed by atoms with Gasteiger partial charge in [-0.1, -0.05) is 18.2 Å². The molecule has 2 rings (SSSR count). The molecule has 3 nitrogen and oxygen atoms in total. The number of ether oxygens (including phenoxy) is 1. The normalized spacial score (nSPS) is 22.2. The number of para-hydroxylation sites is 1. The Bertz CT molecular complexity index is 464. The Labute approximate surface area is 128 Å². The number of nitrogens with zero attached hydrogens (tertiary/aromatic N) is 1. The minimum Gasteiger partial charge on any atom is -0.490 e. The second-order valence-electron chi connectivity index (χ2n) is 7.41. The molecule has 1 fully saturated rings. The third kappa shape index (κ3) is 3.58. The molecule has 0 aromatic heterocycles.